The average Bonchev–Trinajstić information content (AvgIpc) is 2.24. The second-order valence-corrected chi connectivity index (χ2v) is 6.03. The first-order valence-corrected chi connectivity index (χ1v) is 6.55. The van der Waals surface area contributed by atoms with Crippen molar-refractivity contribution in [2.75, 3.05) is 27.7 Å². The van der Waals surface area contributed by atoms with E-state index in [1.165, 1.54) is 6.92 Å². The van der Waals surface area contributed by atoms with Crippen molar-refractivity contribution in [2.45, 2.75) is 37.9 Å². The molecule has 0 aliphatic heterocycles. The van der Waals surface area contributed by atoms with Crippen molar-refractivity contribution >= 4 is 17.9 Å². The molecule has 0 aliphatic carbocycles. The van der Waals surface area contributed by atoms with E-state index in [1.807, 2.05) is 0 Å². The molecule has 0 aromatic heterocycles. The first-order chi connectivity index (χ1) is 9.39. The van der Waals surface area contributed by atoms with Crippen LogP contribution in [0.3, 0.4) is 0 Å². The molecule has 2 N–H and O–H groups in total. The fraction of sp³-hybridized carbons (Fsp3) is 0.769. The van der Waals surface area contributed by atoms with Gasteiger partial charge in [-0.1, -0.05) is 6.92 Å². The van der Waals surface area contributed by atoms with E-state index < -0.39 is 42.5 Å². The summed E-state index contributed by atoms with van der Waals surface area (Å²) in [6, 6.07) is 0. The number of rotatable bonds is 9. The lowest BCUT2D eigenvalue weighted by Gasteiger charge is -2.30. The molecule has 0 aromatic carbocycles. The molecular weight excluding hydrogens is 282 g/mol. The number of ether oxygens (including phenoxy) is 1. The van der Waals surface area contributed by atoms with Crippen molar-refractivity contribution in [1.29, 1.82) is 0 Å². The molecule has 0 saturated heterocycles. The second kappa shape index (κ2) is 7.37. The number of aliphatic hydroxyl groups is 1. The van der Waals surface area contributed by atoms with Gasteiger partial charge in [0.25, 0.3) is 0 Å². The minimum atomic E-state index is -2.21. The molecule has 0 spiro atoms. The van der Waals surface area contributed by atoms with Crippen LogP contribution in [0.4, 0.5) is 0 Å². The highest BCUT2D eigenvalue weighted by Gasteiger charge is 2.38. The number of hydrogen-bond acceptors (Lipinski definition) is 6. The van der Waals surface area contributed by atoms with E-state index in [0.717, 1.165) is 0 Å². The third kappa shape index (κ3) is 7.62. The number of esters is 1. The Morgan fingerprint density at radius 1 is 1.29 bits per heavy atom. The van der Waals surface area contributed by atoms with Crippen LogP contribution in [0.1, 0.15) is 26.2 Å². The summed E-state index contributed by atoms with van der Waals surface area (Å²) in [5.74, 6) is -3.85. The Kier molecular flexibility index (Phi) is 6.78. The number of aliphatic carboxylic acids is 2. The Balaban J connectivity index is 4.81. The first-order valence-electron chi connectivity index (χ1n) is 6.55. The number of nitrogens with zero attached hydrogens (tertiary/aromatic N) is 1. The maximum atomic E-state index is 11.7. The number of hydrogen-bond donors (Lipinski definition) is 2. The molecular formula is C13H23NO7. The summed E-state index contributed by atoms with van der Waals surface area (Å²) in [7, 11) is 5.36. The lowest BCUT2D eigenvalue weighted by atomic mass is 9.97. The van der Waals surface area contributed by atoms with Gasteiger partial charge in [-0.2, -0.15) is 0 Å². The van der Waals surface area contributed by atoms with Crippen molar-refractivity contribution in [3.05, 3.63) is 0 Å². The lowest BCUT2D eigenvalue weighted by Crippen LogP contribution is -2.46. The zero-order chi connectivity index (χ0) is 16.8. The van der Waals surface area contributed by atoms with Crippen molar-refractivity contribution < 1.29 is 38.9 Å². The number of carbonyl (C=O) groups is 3. The van der Waals surface area contributed by atoms with Gasteiger partial charge in [0.15, 0.2) is 11.7 Å². The quantitative estimate of drug-likeness (QED) is 0.387. The van der Waals surface area contributed by atoms with Crippen molar-refractivity contribution in [3.8, 4) is 0 Å². The summed E-state index contributed by atoms with van der Waals surface area (Å²) in [5, 5.41) is 29.3. The Labute approximate surface area is 123 Å². The smallest absolute Gasteiger partial charge is 0.336 e. The molecule has 0 rings (SSSR count). The predicted octanol–water partition coefficient (Wildman–Crippen LogP) is -1.64. The zero-order valence-electron chi connectivity index (χ0n) is 12.8. The SMILES string of the molecule is CCC(O)(CC(=O)OC(CC(=O)[O-])C[N+](C)(C)C)C(=O)O. The van der Waals surface area contributed by atoms with Crippen LogP contribution in [0.15, 0.2) is 0 Å². The summed E-state index contributed by atoms with van der Waals surface area (Å²) < 4.78 is 5.34. The number of carboxylic acids is 2. The van der Waals surface area contributed by atoms with Crippen LogP contribution in [0, 0.1) is 0 Å². The molecule has 0 aliphatic rings. The van der Waals surface area contributed by atoms with E-state index in [4.69, 9.17) is 9.84 Å². The lowest BCUT2D eigenvalue weighted by molar-refractivity contribution is -0.873. The second-order valence-electron chi connectivity index (χ2n) is 6.03. The van der Waals surface area contributed by atoms with Gasteiger partial charge in [0.05, 0.1) is 27.6 Å². The van der Waals surface area contributed by atoms with E-state index in [2.05, 4.69) is 0 Å². The van der Waals surface area contributed by atoms with Gasteiger partial charge in [0, 0.05) is 12.4 Å². The maximum Gasteiger partial charge on any atom is 0.336 e. The van der Waals surface area contributed by atoms with E-state index in [-0.39, 0.29) is 13.0 Å². The van der Waals surface area contributed by atoms with Crippen molar-refractivity contribution in [2.24, 2.45) is 0 Å². The van der Waals surface area contributed by atoms with E-state index in [9.17, 15) is 24.6 Å². The Morgan fingerprint density at radius 2 is 1.81 bits per heavy atom. The van der Waals surface area contributed by atoms with Crippen LogP contribution in [-0.2, 0) is 19.1 Å². The van der Waals surface area contributed by atoms with Gasteiger partial charge in [-0.3, -0.25) is 4.79 Å². The third-order valence-corrected chi connectivity index (χ3v) is 2.86. The average molecular weight is 305 g/mol. The molecule has 122 valence electrons. The zero-order valence-corrected chi connectivity index (χ0v) is 12.8. The molecule has 0 saturated carbocycles. The summed E-state index contributed by atoms with van der Waals surface area (Å²) in [6.45, 7) is 1.64. The van der Waals surface area contributed by atoms with Gasteiger partial charge in [-0.25, -0.2) is 4.79 Å². The van der Waals surface area contributed by atoms with Crippen LogP contribution >= 0.6 is 0 Å². The summed E-state index contributed by atoms with van der Waals surface area (Å²) >= 11 is 0. The molecule has 2 atom stereocenters. The number of carboxylic acid groups (broad SMARTS) is 2. The maximum absolute atomic E-state index is 11.7. The Hall–Kier alpha value is -1.67. The largest absolute Gasteiger partial charge is 0.550 e. The van der Waals surface area contributed by atoms with Crippen LogP contribution in [0.25, 0.3) is 0 Å². The first kappa shape index (κ1) is 19.3. The molecule has 0 heterocycles. The Bertz CT molecular complexity index is 402. The fourth-order valence-corrected chi connectivity index (χ4v) is 1.76. The third-order valence-electron chi connectivity index (χ3n) is 2.86. The minimum absolute atomic E-state index is 0.169. The predicted molar refractivity (Wildman–Crippen MR) is 69.9 cm³/mol. The molecule has 8 nitrogen and oxygen atoms in total. The monoisotopic (exact) mass is 305 g/mol. The number of carbonyl (C=O) groups excluding carboxylic acids is 2. The highest BCUT2D eigenvalue weighted by Crippen LogP contribution is 2.17. The van der Waals surface area contributed by atoms with E-state index in [1.54, 1.807) is 21.1 Å². The van der Waals surface area contributed by atoms with Gasteiger partial charge in [-0.05, 0) is 6.42 Å². The van der Waals surface area contributed by atoms with Crippen LogP contribution < -0.4 is 5.11 Å². The summed E-state index contributed by atoms with van der Waals surface area (Å²) in [6.07, 6.45) is -2.34. The van der Waals surface area contributed by atoms with Gasteiger partial charge in [0.2, 0.25) is 0 Å². The summed E-state index contributed by atoms with van der Waals surface area (Å²) in [5.41, 5.74) is -2.21. The number of quaternary nitrogens is 1. The van der Waals surface area contributed by atoms with E-state index in [0.29, 0.717) is 4.48 Å². The highest BCUT2D eigenvalue weighted by molar-refractivity contribution is 5.84. The molecule has 0 aromatic rings. The molecule has 0 radical (unpaired) electrons. The van der Waals surface area contributed by atoms with Crippen molar-refractivity contribution in [3.63, 3.8) is 0 Å². The minimum Gasteiger partial charge on any atom is -0.550 e. The van der Waals surface area contributed by atoms with Crippen molar-refractivity contribution in [1.82, 2.24) is 0 Å². The summed E-state index contributed by atoms with van der Waals surface area (Å²) in [4.78, 5) is 33.3. The number of likely N-dealkylation sites (N-methyl/N-ethyl adjacent to an activating group) is 1. The van der Waals surface area contributed by atoms with Gasteiger partial charge < -0.3 is 29.3 Å². The topological polar surface area (TPSA) is 124 Å². The normalized spacial score (nSPS) is 15.9. The van der Waals surface area contributed by atoms with Crippen LogP contribution in [-0.4, -0.2) is 72.0 Å². The highest BCUT2D eigenvalue weighted by atomic mass is 16.5. The van der Waals surface area contributed by atoms with Gasteiger partial charge >= 0.3 is 11.9 Å². The molecule has 2 unspecified atom stereocenters. The van der Waals surface area contributed by atoms with Gasteiger partial charge in [-0.15, -0.1) is 0 Å². The van der Waals surface area contributed by atoms with Crippen LogP contribution in [0.2, 0.25) is 0 Å². The standard InChI is InChI=1S/C13H23NO7/c1-5-13(20,12(18)19)7-11(17)21-9(6-10(15)16)8-14(2,3)4/h9,20H,5-8H2,1-4H3,(H-,15,16,18,19). The molecule has 8 heteroatoms. The van der Waals surface area contributed by atoms with Crippen LogP contribution in [0.5, 0.6) is 0 Å². The van der Waals surface area contributed by atoms with Gasteiger partial charge in [0.1, 0.15) is 6.54 Å². The van der Waals surface area contributed by atoms with E-state index >= 15 is 0 Å². The molecule has 0 fully saturated rings. The fourth-order valence-electron chi connectivity index (χ4n) is 1.76. The molecule has 0 bridgehead atoms. The Morgan fingerprint density at radius 3 is 2.14 bits per heavy atom. The molecule has 21 heavy (non-hydrogen) atoms. The molecule has 0 amide bonds.